The van der Waals surface area contributed by atoms with E-state index in [0.717, 1.165) is 70.6 Å². The van der Waals surface area contributed by atoms with E-state index in [2.05, 4.69) is 50.3 Å². The molecule has 6 N–H and O–H groups in total. The zero-order chi connectivity index (χ0) is 44.3. The number of phosphoric ester groups is 1. The summed E-state index contributed by atoms with van der Waals surface area (Å²) >= 11 is 0. The molecule has 8 atom stereocenters. The fourth-order valence-electron chi connectivity index (χ4n) is 7.01. The summed E-state index contributed by atoms with van der Waals surface area (Å²) in [5.74, 6) is -1.11. The maximum Gasteiger partial charge on any atom is 0.472 e. The molecule has 60 heavy (non-hydrogen) atoms. The highest BCUT2D eigenvalue weighted by atomic mass is 31.2. The minimum atomic E-state index is -5.12. The van der Waals surface area contributed by atoms with Gasteiger partial charge in [-0.15, -0.1) is 0 Å². The zero-order valence-corrected chi connectivity index (χ0v) is 37.9. The minimum absolute atomic E-state index is 0.0785. The van der Waals surface area contributed by atoms with Gasteiger partial charge < -0.3 is 39.9 Å². The van der Waals surface area contributed by atoms with Crippen molar-refractivity contribution in [2.45, 2.75) is 230 Å². The van der Waals surface area contributed by atoms with Crippen LogP contribution in [0.5, 0.6) is 0 Å². The standard InChI is InChI=1S/C46H83O13P/c1-3-5-7-9-11-13-15-17-19-21-22-24-26-28-30-32-34-39(47)56-36-38(37-57-60(54,55)59-46-44(52)42(50)41(49)43(51)45(46)53)58-40(48)35-33-31-29-27-25-23-20-18-16-14-12-10-8-6-4-2/h6,8,12,14,18,20,38,41-46,49-53H,3-5,7,9-11,13,15-17,19,21-37H2,1-2H3,(H,54,55)/b8-6+,14-12+,20-18+/t38-,41?,42-,43?,44?,45?,46?/m0/s1. The number of aliphatic hydroxyl groups excluding tert-OH is 5. The number of carbonyl (C=O) groups excluding carboxylic acids is 2. The van der Waals surface area contributed by atoms with Crippen molar-refractivity contribution in [3.63, 3.8) is 0 Å². The first kappa shape index (κ1) is 56.1. The maximum absolute atomic E-state index is 12.8. The van der Waals surface area contributed by atoms with E-state index in [1.54, 1.807) is 0 Å². The molecule has 1 saturated carbocycles. The van der Waals surface area contributed by atoms with Gasteiger partial charge in [-0.3, -0.25) is 18.6 Å². The molecule has 0 spiro atoms. The van der Waals surface area contributed by atoms with E-state index in [-0.39, 0.29) is 12.8 Å². The van der Waals surface area contributed by atoms with Crippen LogP contribution in [-0.2, 0) is 32.7 Å². The van der Waals surface area contributed by atoms with Crippen molar-refractivity contribution in [1.82, 2.24) is 0 Å². The van der Waals surface area contributed by atoms with E-state index in [0.29, 0.717) is 12.8 Å². The lowest BCUT2D eigenvalue weighted by molar-refractivity contribution is -0.220. The van der Waals surface area contributed by atoms with Gasteiger partial charge in [0.1, 0.15) is 43.2 Å². The molecule has 0 aromatic rings. The molecule has 14 heteroatoms. The summed E-state index contributed by atoms with van der Waals surface area (Å²) in [7, 11) is -5.12. The molecule has 1 aliphatic rings. The van der Waals surface area contributed by atoms with Crippen molar-refractivity contribution >= 4 is 19.8 Å². The molecule has 0 bridgehead atoms. The Bertz CT molecular complexity index is 1190. The van der Waals surface area contributed by atoms with Crippen molar-refractivity contribution in [3.05, 3.63) is 36.5 Å². The largest absolute Gasteiger partial charge is 0.472 e. The molecular formula is C46H83O13P. The predicted octanol–water partition coefficient (Wildman–Crippen LogP) is 9.00. The Morgan fingerprint density at radius 2 is 0.950 bits per heavy atom. The van der Waals surface area contributed by atoms with Gasteiger partial charge in [-0.05, 0) is 44.9 Å². The molecule has 0 radical (unpaired) electrons. The third kappa shape index (κ3) is 28.6. The second kappa shape index (κ2) is 36.5. The number of allylic oxidation sites excluding steroid dienone is 6. The van der Waals surface area contributed by atoms with Crippen molar-refractivity contribution in [3.8, 4) is 0 Å². The molecule has 1 aliphatic carbocycles. The lowest BCUT2D eigenvalue weighted by atomic mass is 9.85. The SMILES string of the molecule is CC/C=C/C/C=C/C/C=C/CCCCCCCC(=O)O[C@@H](COC(=O)CCCCCCCCCCCCCCCCCC)COP(=O)(O)OC1C(O)C(O)C(O)[C@H](O)C1O. The van der Waals surface area contributed by atoms with Crippen molar-refractivity contribution in [2.24, 2.45) is 0 Å². The van der Waals surface area contributed by atoms with E-state index < -0.39 is 75.7 Å². The van der Waals surface area contributed by atoms with E-state index in [1.165, 1.54) is 77.0 Å². The smallest absolute Gasteiger partial charge is 0.462 e. The number of aliphatic hydroxyl groups is 5. The van der Waals surface area contributed by atoms with E-state index >= 15 is 0 Å². The topological polar surface area (TPSA) is 210 Å². The van der Waals surface area contributed by atoms with Gasteiger partial charge in [0.15, 0.2) is 6.10 Å². The van der Waals surface area contributed by atoms with Gasteiger partial charge in [0.25, 0.3) is 0 Å². The molecule has 0 saturated heterocycles. The monoisotopic (exact) mass is 875 g/mol. The van der Waals surface area contributed by atoms with Crippen LogP contribution in [0.25, 0.3) is 0 Å². The van der Waals surface area contributed by atoms with Crippen LogP contribution in [0.1, 0.15) is 187 Å². The van der Waals surface area contributed by atoms with Crippen molar-refractivity contribution in [2.75, 3.05) is 13.2 Å². The Balaban J connectivity index is 2.46. The van der Waals surface area contributed by atoms with Crippen molar-refractivity contribution < 1.29 is 63.1 Å². The van der Waals surface area contributed by atoms with Crippen LogP contribution in [0.2, 0.25) is 0 Å². The molecule has 0 aromatic carbocycles. The maximum atomic E-state index is 12.8. The number of unbranched alkanes of at least 4 members (excludes halogenated alkanes) is 20. The normalized spacial score (nSPS) is 22.5. The zero-order valence-electron chi connectivity index (χ0n) is 37.0. The number of ether oxygens (including phenoxy) is 2. The summed E-state index contributed by atoms with van der Waals surface area (Å²) in [6.45, 7) is 3.18. The van der Waals surface area contributed by atoms with Crippen LogP contribution in [-0.4, -0.2) is 98.3 Å². The van der Waals surface area contributed by atoms with Crippen LogP contribution in [0.3, 0.4) is 0 Å². The summed E-state index contributed by atoms with van der Waals surface area (Å²) in [6, 6.07) is 0. The predicted molar refractivity (Wildman–Crippen MR) is 235 cm³/mol. The number of phosphoric acid groups is 1. The average molecular weight is 875 g/mol. The van der Waals surface area contributed by atoms with Crippen LogP contribution in [0.15, 0.2) is 36.5 Å². The third-order valence-corrected chi connectivity index (χ3v) is 11.7. The molecule has 0 aliphatic heterocycles. The molecule has 0 aromatic heterocycles. The number of hydrogen-bond acceptors (Lipinski definition) is 12. The second-order valence-corrected chi connectivity index (χ2v) is 17.6. The van der Waals surface area contributed by atoms with Gasteiger partial charge in [-0.25, -0.2) is 4.57 Å². The number of esters is 2. The Morgan fingerprint density at radius 3 is 1.45 bits per heavy atom. The Hall–Kier alpha value is -1.93. The van der Waals surface area contributed by atoms with Crippen molar-refractivity contribution in [1.29, 1.82) is 0 Å². The van der Waals surface area contributed by atoms with Crippen LogP contribution in [0, 0.1) is 0 Å². The first-order chi connectivity index (χ1) is 28.9. The molecule has 6 unspecified atom stereocenters. The quantitative estimate of drug-likeness (QED) is 0.0148. The van der Waals surface area contributed by atoms with E-state index in [9.17, 15) is 44.6 Å². The summed E-state index contributed by atoms with van der Waals surface area (Å²) in [4.78, 5) is 35.7. The van der Waals surface area contributed by atoms with Crippen LogP contribution in [0.4, 0.5) is 0 Å². The highest BCUT2D eigenvalue weighted by Gasteiger charge is 2.51. The van der Waals surface area contributed by atoms with Gasteiger partial charge in [0.2, 0.25) is 0 Å². The summed E-state index contributed by atoms with van der Waals surface area (Å²) in [5, 5.41) is 50.1. The lowest BCUT2D eigenvalue weighted by Crippen LogP contribution is -2.64. The molecule has 0 amide bonds. The molecule has 13 nitrogen and oxygen atoms in total. The number of hydrogen-bond donors (Lipinski definition) is 6. The highest BCUT2D eigenvalue weighted by molar-refractivity contribution is 7.47. The highest BCUT2D eigenvalue weighted by Crippen LogP contribution is 2.47. The van der Waals surface area contributed by atoms with E-state index in [1.807, 2.05) is 0 Å². The van der Waals surface area contributed by atoms with E-state index in [4.69, 9.17) is 18.5 Å². The summed E-state index contributed by atoms with van der Waals surface area (Å²) in [5.41, 5.74) is 0. The van der Waals surface area contributed by atoms with Gasteiger partial charge in [-0.2, -0.15) is 0 Å². The van der Waals surface area contributed by atoms with Crippen LogP contribution >= 0.6 is 7.82 Å². The lowest BCUT2D eigenvalue weighted by Gasteiger charge is -2.41. The molecule has 1 fully saturated rings. The van der Waals surface area contributed by atoms with Gasteiger partial charge in [0.05, 0.1) is 6.61 Å². The molecular weight excluding hydrogens is 791 g/mol. The first-order valence-corrected chi connectivity index (χ1v) is 24.8. The first-order valence-electron chi connectivity index (χ1n) is 23.3. The van der Waals surface area contributed by atoms with Gasteiger partial charge in [-0.1, -0.05) is 166 Å². The Labute approximate surface area is 361 Å². The summed E-state index contributed by atoms with van der Waals surface area (Å²) in [6.07, 6.45) is 27.7. The number of carbonyl (C=O) groups is 2. The molecule has 350 valence electrons. The third-order valence-electron chi connectivity index (χ3n) is 10.7. The number of rotatable bonds is 38. The Kier molecular flexibility index (Phi) is 34.2. The average Bonchev–Trinajstić information content (AvgIpc) is 3.23. The minimum Gasteiger partial charge on any atom is -0.462 e. The Morgan fingerprint density at radius 1 is 0.533 bits per heavy atom. The van der Waals surface area contributed by atoms with Crippen LogP contribution < -0.4 is 0 Å². The fraction of sp³-hybridized carbons (Fsp3) is 0.826. The van der Waals surface area contributed by atoms with Gasteiger partial charge in [0, 0.05) is 12.8 Å². The second-order valence-electron chi connectivity index (χ2n) is 16.2. The molecule has 1 rings (SSSR count). The summed E-state index contributed by atoms with van der Waals surface area (Å²) < 4.78 is 33.5. The molecule has 0 heterocycles. The van der Waals surface area contributed by atoms with Gasteiger partial charge >= 0.3 is 19.8 Å². The fourth-order valence-corrected chi connectivity index (χ4v) is 7.98.